The fourth-order valence-corrected chi connectivity index (χ4v) is 4.03. The van der Waals surface area contributed by atoms with Crippen molar-refractivity contribution in [2.24, 2.45) is 0 Å². The molecule has 2 N–H and O–H groups in total. The number of fused-ring (bicyclic) bond motifs is 1. The molecule has 0 amide bonds. The number of hydrogen-bond donors (Lipinski definition) is 2. The van der Waals surface area contributed by atoms with Crippen LogP contribution in [0.4, 0.5) is 0 Å². The van der Waals surface area contributed by atoms with Crippen molar-refractivity contribution in [1.82, 2.24) is 9.88 Å². The number of nitrogens with zero attached hydrogens (tertiary/aromatic N) is 2. The molecule has 1 aromatic heterocycles. The van der Waals surface area contributed by atoms with Gasteiger partial charge in [0.1, 0.15) is 23.4 Å². The second-order valence-electron chi connectivity index (χ2n) is 7.99. The number of aromatic nitrogens is 1. The normalized spacial score (nSPS) is 18.9. The summed E-state index contributed by atoms with van der Waals surface area (Å²) in [4.78, 5) is 5.45. The van der Waals surface area contributed by atoms with Crippen LogP contribution in [0.1, 0.15) is 23.7 Å². The van der Waals surface area contributed by atoms with Gasteiger partial charge < -0.3 is 33.9 Å². The molecule has 2 heterocycles. The number of aliphatic hydroxyl groups excluding tert-OH is 2. The van der Waals surface area contributed by atoms with Gasteiger partial charge in [-0.2, -0.15) is 0 Å². The van der Waals surface area contributed by atoms with Crippen LogP contribution in [-0.4, -0.2) is 34.3 Å². The molecule has 1 atom stereocenters. The number of benzene rings is 2. The molecule has 172 valence electrons. The molecule has 0 saturated carbocycles. The molecule has 0 spiro atoms. The number of hydrogen-bond acceptors (Lipinski definition) is 8. The van der Waals surface area contributed by atoms with E-state index in [1.807, 2.05) is 36.4 Å². The van der Waals surface area contributed by atoms with Crippen LogP contribution in [0, 0.1) is 0 Å². The predicted octanol–water partition coefficient (Wildman–Crippen LogP) is 4.33. The lowest BCUT2D eigenvalue weighted by Crippen LogP contribution is -2.37. The van der Waals surface area contributed by atoms with Gasteiger partial charge in [-0.3, -0.25) is 4.98 Å². The first-order chi connectivity index (χ1) is 16.5. The van der Waals surface area contributed by atoms with Gasteiger partial charge in [0.2, 0.25) is 0 Å². The summed E-state index contributed by atoms with van der Waals surface area (Å²) in [6, 6.07) is 16.8. The fourth-order valence-electron chi connectivity index (χ4n) is 4.03. The Labute approximate surface area is 197 Å². The quantitative estimate of drug-likeness (QED) is 0.546. The Morgan fingerprint density at radius 1 is 0.941 bits per heavy atom. The molecule has 2 aromatic carbocycles. The standard InChI is InChI=1S/C25H23BN2O6/c1-28-15-24(29)33-26(34-25(30)16-28)17-5-7-18(8-6-17)31-23-10-9-21-20(23)3-2-4-22(21)32-19-11-13-27-14-12-19/h2-8,11-16,23,29-30H,9-10H2,1H3/b24-15-,25-16?. The lowest BCUT2D eigenvalue weighted by atomic mass is 9.79. The first kappa shape index (κ1) is 21.6. The second kappa shape index (κ2) is 9.31. The van der Waals surface area contributed by atoms with Crippen LogP contribution in [0.15, 0.2) is 91.3 Å². The molecule has 1 aliphatic heterocycles. The third-order valence-electron chi connectivity index (χ3n) is 5.56. The molecule has 8 nitrogen and oxygen atoms in total. The zero-order valence-electron chi connectivity index (χ0n) is 18.5. The summed E-state index contributed by atoms with van der Waals surface area (Å²) in [6.07, 6.45) is 7.66. The topological polar surface area (TPSA) is 93.5 Å². The Kier molecular flexibility index (Phi) is 5.91. The highest BCUT2D eigenvalue weighted by Crippen LogP contribution is 2.40. The Balaban J connectivity index is 1.29. The average Bonchev–Trinajstić information content (AvgIpc) is 3.22. The van der Waals surface area contributed by atoms with Crippen molar-refractivity contribution < 1.29 is 29.0 Å². The summed E-state index contributed by atoms with van der Waals surface area (Å²) in [7, 11) is 0.622. The van der Waals surface area contributed by atoms with Gasteiger partial charge in [0.15, 0.2) is 0 Å². The van der Waals surface area contributed by atoms with Gasteiger partial charge in [0, 0.05) is 30.5 Å². The maximum atomic E-state index is 9.92. The maximum Gasteiger partial charge on any atom is 0.636 e. The minimum absolute atomic E-state index is 0.0924. The summed E-state index contributed by atoms with van der Waals surface area (Å²) < 4.78 is 23.1. The van der Waals surface area contributed by atoms with Gasteiger partial charge in [-0.25, -0.2) is 0 Å². The molecular formula is C25H23BN2O6. The monoisotopic (exact) mass is 458 g/mol. The van der Waals surface area contributed by atoms with Crippen molar-refractivity contribution in [1.29, 1.82) is 0 Å². The third kappa shape index (κ3) is 4.73. The Bertz CT molecular complexity index is 1190. The average molecular weight is 458 g/mol. The number of aliphatic hydroxyl groups is 2. The van der Waals surface area contributed by atoms with Crippen LogP contribution in [-0.2, 0) is 15.7 Å². The molecule has 5 rings (SSSR count). The van der Waals surface area contributed by atoms with E-state index in [0.717, 1.165) is 35.5 Å². The van der Waals surface area contributed by atoms with E-state index in [1.54, 1.807) is 31.6 Å². The molecule has 1 unspecified atom stereocenters. The van der Waals surface area contributed by atoms with E-state index in [1.165, 1.54) is 17.3 Å². The van der Waals surface area contributed by atoms with Gasteiger partial charge in [-0.05, 0) is 48.7 Å². The zero-order chi connectivity index (χ0) is 23.5. The molecule has 34 heavy (non-hydrogen) atoms. The summed E-state index contributed by atoms with van der Waals surface area (Å²) >= 11 is 0. The van der Waals surface area contributed by atoms with Gasteiger partial charge >= 0.3 is 7.12 Å². The molecule has 2 aliphatic rings. The minimum Gasteiger partial charge on any atom is -0.494 e. The molecule has 3 aromatic rings. The van der Waals surface area contributed by atoms with Gasteiger partial charge in [0.25, 0.3) is 11.9 Å². The molecule has 0 fully saturated rings. The molecule has 0 bridgehead atoms. The van der Waals surface area contributed by atoms with E-state index in [-0.39, 0.29) is 18.0 Å². The van der Waals surface area contributed by atoms with Gasteiger partial charge in [-0.15, -0.1) is 0 Å². The zero-order valence-corrected chi connectivity index (χ0v) is 18.5. The third-order valence-corrected chi connectivity index (χ3v) is 5.56. The summed E-state index contributed by atoms with van der Waals surface area (Å²) in [5, 5.41) is 19.8. The highest BCUT2D eigenvalue weighted by molar-refractivity contribution is 6.61. The molecule has 0 saturated heterocycles. The number of pyridine rings is 1. The van der Waals surface area contributed by atoms with E-state index >= 15 is 0 Å². The molecule has 9 heteroatoms. The van der Waals surface area contributed by atoms with E-state index in [0.29, 0.717) is 11.2 Å². The van der Waals surface area contributed by atoms with Crippen molar-refractivity contribution >= 4 is 12.6 Å². The Morgan fingerprint density at radius 2 is 1.65 bits per heavy atom. The highest BCUT2D eigenvalue weighted by atomic mass is 16.7. The lowest BCUT2D eigenvalue weighted by molar-refractivity contribution is 0.124. The van der Waals surface area contributed by atoms with E-state index in [4.69, 9.17) is 18.8 Å². The largest absolute Gasteiger partial charge is 0.636 e. The van der Waals surface area contributed by atoms with E-state index < -0.39 is 7.12 Å². The van der Waals surface area contributed by atoms with Crippen LogP contribution in [0.25, 0.3) is 0 Å². The lowest BCUT2D eigenvalue weighted by Gasteiger charge is -2.20. The van der Waals surface area contributed by atoms with Gasteiger partial charge in [-0.1, -0.05) is 24.3 Å². The first-order valence-corrected chi connectivity index (χ1v) is 10.9. The van der Waals surface area contributed by atoms with Crippen LogP contribution < -0.4 is 14.9 Å². The van der Waals surface area contributed by atoms with Crippen molar-refractivity contribution in [2.75, 3.05) is 7.05 Å². The van der Waals surface area contributed by atoms with Crippen molar-refractivity contribution in [3.63, 3.8) is 0 Å². The van der Waals surface area contributed by atoms with Crippen LogP contribution in [0.5, 0.6) is 17.2 Å². The molecular weight excluding hydrogens is 435 g/mol. The summed E-state index contributed by atoms with van der Waals surface area (Å²) in [5.41, 5.74) is 2.86. The van der Waals surface area contributed by atoms with E-state index in [9.17, 15) is 10.2 Å². The minimum atomic E-state index is -1.00. The molecule has 0 radical (unpaired) electrons. The highest BCUT2D eigenvalue weighted by Gasteiger charge is 2.31. The number of ether oxygens (including phenoxy) is 2. The summed E-state index contributed by atoms with van der Waals surface area (Å²) in [5.74, 6) is 1.60. The van der Waals surface area contributed by atoms with Crippen molar-refractivity contribution in [2.45, 2.75) is 18.9 Å². The first-order valence-electron chi connectivity index (χ1n) is 10.9. The Morgan fingerprint density at radius 3 is 2.35 bits per heavy atom. The fraction of sp³-hybridized carbons (Fsp3) is 0.160. The van der Waals surface area contributed by atoms with Crippen LogP contribution in [0.2, 0.25) is 0 Å². The maximum absolute atomic E-state index is 9.92. The predicted molar refractivity (Wildman–Crippen MR) is 126 cm³/mol. The smallest absolute Gasteiger partial charge is 0.494 e. The SMILES string of the molecule is CN1C=C(O)OB(c2ccc(OC3CCc4c(Oc5ccncc5)cccc43)cc2)O/C(O)=C\1. The van der Waals surface area contributed by atoms with Crippen molar-refractivity contribution in [3.05, 3.63) is 102 Å². The molecule has 1 aliphatic carbocycles. The number of rotatable bonds is 5. The summed E-state index contributed by atoms with van der Waals surface area (Å²) in [6.45, 7) is 0. The van der Waals surface area contributed by atoms with E-state index in [2.05, 4.69) is 11.1 Å². The second-order valence-corrected chi connectivity index (χ2v) is 7.99. The van der Waals surface area contributed by atoms with Crippen molar-refractivity contribution in [3.8, 4) is 17.2 Å². The van der Waals surface area contributed by atoms with Gasteiger partial charge in [0.05, 0.1) is 12.4 Å². The van der Waals surface area contributed by atoms with Crippen LogP contribution >= 0.6 is 0 Å². The van der Waals surface area contributed by atoms with Crippen LogP contribution in [0.3, 0.4) is 0 Å². The Hall–Kier alpha value is -4.27.